The van der Waals surface area contributed by atoms with Crippen molar-refractivity contribution in [3.63, 3.8) is 0 Å². The Hall–Kier alpha value is -1.40. The minimum Gasteiger partial charge on any atom is -0.399 e. The molecule has 110 valence electrons. The average Bonchev–Trinajstić information content (AvgIpc) is 2.85. The molecule has 5 nitrogen and oxygen atoms in total. The fourth-order valence-electron chi connectivity index (χ4n) is 2.19. The second-order valence-corrected chi connectivity index (χ2v) is 6.68. The SMILES string of the molecule is CC1OCCC1S(=O)CCC(=O)Nc1ccc(N)cc1. The van der Waals surface area contributed by atoms with Gasteiger partial charge in [-0.05, 0) is 37.6 Å². The van der Waals surface area contributed by atoms with Gasteiger partial charge >= 0.3 is 0 Å². The van der Waals surface area contributed by atoms with Gasteiger partial charge in [-0.2, -0.15) is 0 Å². The maximum absolute atomic E-state index is 12.1. The summed E-state index contributed by atoms with van der Waals surface area (Å²) in [5, 5.41) is 2.82. The first-order valence-corrected chi connectivity index (χ1v) is 8.08. The van der Waals surface area contributed by atoms with Crippen molar-refractivity contribution >= 4 is 28.1 Å². The molecule has 0 aromatic heterocycles. The number of ether oxygens (including phenoxy) is 1. The van der Waals surface area contributed by atoms with Gasteiger partial charge in [-0.15, -0.1) is 0 Å². The zero-order valence-corrected chi connectivity index (χ0v) is 12.3. The van der Waals surface area contributed by atoms with Crippen LogP contribution in [0.1, 0.15) is 19.8 Å². The number of carbonyl (C=O) groups excluding carboxylic acids is 1. The van der Waals surface area contributed by atoms with Crippen molar-refractivity contribution in [2.75, 3.05) is 23.4 Å². The van der Waals surface area contributed by atoms with Crippen molar-refractivity contribution in [2.45, 2.75) is 31.1 Å². The molecule has 1 saturated heterocycles. The van der Waals surface area contributed by atoms with Crippen LogP contribution in [0.5, 0.6) is 0 Å². The smallest absolute Gasteiger partial charge is 0.225 e. The van der Waals surface area contributed by atoms with E-state index in [2.05, 4.69) is 5.32 Å². The maximum Gasteiger partial charge on any atom is 0.225 e. The molecule has 1 fully saturated rings. The molecule has 20 heavy (non-hydrogen) atoms. The van der Waals surface area contributed by atoms with Gasteiger partial charge in [0, 0.05) is 41.0 Å². The lowest BCUT2D eigenvalue weighted by Crippen LogP contribution is -2.26. The molecule has 1 aromatic rings. The van der Waals surface area contributed by atoms with Gasteiger partial charge in [-0.25, -0.2) is 0 Å². The molecule has 1 heterocycles. The van der Waals surface area contributed by atoms with Crippen molar-refractivity contribution in [1.82, 2.24) is 0 Å². The zero-order valence-electron chi connectivity index (χ0n) is 11.5. The third kappa shape index (κ3) is 4.05. The predicted octanol–water partition coefficient (Wildman–Crippen LogP) is 1.52. The molecule has 1 aromatic carbocycles. The first-order valence-electron chi connectivity index (χ1n) is 6.70. The standard InChI is InChI=1S/C14H20N2O3S/c1-10-13(6-8-19-10)20(18)9-7-14(17)16-12-4-2-11(15)3-5-12/h2-5,10,13H,6-9,15H2,1H3,(H,16,17). The van der Waals surface area contributed by atoms with Gasteiger partial charge in [0.15, 0.2) is 0 Å². The Bertz CT molecular complexity index is 490. The highest BCUT2D eigenvalue weighted by molar-refractivity contribution is 7.85. The van der Waals surface area contributed by atoms with Gasteiger partial charge < -0.3 is 15.8 Å². The molecular formula is C14H20N2O3S. The van der Waals surface area contributed by atoms with Crippen LogP contribution in [0, 0.1) is 0 Å². The number of nitrogen functional groups attached to an aromatic ring is 1. The van der Waals surface area contributed by atoms with E-state index in [0.717, 1.165) is 6.42 Å². The molecule has 1 amide bonds. The van der Waals surface area contributed by atoms with Crippen LogP contribution in [0.2, 0.25) is 0 Å². The van der Waals surface area contributed by atoms with Crippen molar-refractivity contribution in [3.05, 3.63) is 24.3 Å². The van der Waals surface area contributed by atoms with Gasteiger partial charge in [0.25, 0.3) is 0 Å². The van der Waals surface area contributed by atoms with Crippen LogP contribution in [0.4, 0.5) is 11.4 Å². The summed E-state index contributed by atoms with van der Waals surface area (Å²) in [6.45, 7) is 2.60. The number of anilines is 2. The van der Waals surface area contributed by atoms with Crippen molar-refractivity contribution in [1.29, 1.82) is 0 Å². The van der Waals surface area contributed by atoms with E-state index in [9.17, 15) is 9.00 Å². The van der Waals surface area contributed by atoms with Gasteiger partial charge in [-0.1, -0.05) is 0 Å². The largest absolute Gasteiger partial charge is 0.399 e. The minimum absolute atomic E-state index is 0.0241. The number of hydrogen-bond donors (Lipinski definition) is 2. The summed E-state index contributed by atoms with van der Waals surface area (Å²) in [4.78, 5) is 11.8. The monoisotopic (exact) mass is 296 g/mol. The van der Waals surface area contributed by atoms with Crippen LogP contribution >= 0.6 is 0 Å². The minimum atomic E-state index is -1.01. The van der Waals surface area contributed by atoms with E-state index in [1.165, 1.54) is 0 Å². The van der Waals surface area contributed by atoms with E-state index in [-0.39, 0.29) is 23.7 Å². The Balaban J connectivity index is 1.77. The molecule has 1 aliphatic rings. The van der Waals surface area contributed by atoms with Gasteiger partial charge in [0.1, 0.15) is 0 Å². The highest BCUT2D eigenvalue weighted by Gasteiger charge is 2.29. The molecule has 3 atom stereocenters. The molecule has 3 N–H and O–H groups in total. The lowest BCUT2D eigenvalue weighted by atomic mass is 10.3. The molecular weight excluding hydrogens is 276 g/mol. The summed E-state index contributed by atoms with van der Waals surface area (Å²) in [6, 6.07) is 6.95. The normalized spacial score (nSPS) is 23.4. The van der Waals surface area contributed by atoms with Crippen LogP contribution in [0.15, 0.2) is 24.3 Å². The molecule has 3 unspecified atom stereocenters. The lowest BCUT2D eigenvalue weighted by Gasteiger charge is -2.13. The molecule has 0 spiro atoms. The second kappa shape index (κ2) is 6.85. The number of amides is 1. The molecule has 0 bridgehead atoms. The third-order valence-electron chi connectivity index (χ3n) is 3.37. The quantitative estimate of drug-likeness (QED) is 0.807. The summed E-state index contributed by atoms with van der Waals surface area (Å²) < 4.78 is 17.5. The highest BCUT2D eigenvalue weighted by atomic mass is 32.2. The Kier molecular flexibility index (Phi) is 5.14. The summed E-state index contributed by atoms with van der Waals surface area (Å²) in [6.07, 6.45) is 1.09. The van der Waals surface area contributed by atoms with E-state index in [1.807, 2.05) is 6.92 Å². The topological polar surface area (TPSA) is 81.4 Å². The molecule has 6 heteroatoms. The molecule has 0 saturated carbocycles. The average molecular weight is 296 g/mol. The second-order valence-electron chi connectivity index (χ2n) is 4.91. The van der Waals surface area contributed by atoms with Crippen LogP contribution in [0.3, 0.4) is 0 Å². The van der Waals surface area contributed by atoms with Crippen LogP contribution < -0.4 is 11.1 Å². The first-order chi connectivity index (χ1) is 9.56. The summed E-state index contributed by atoms with van der Waals surface area (Å²) in [7, 11) is -1.01. The number of nitrogens with two attached hydrogens (primary N) is 1. The Morgan fingerprint density at radius 1 is 1.45 bits per heavy atom. The number of hydrogen-bond acceptors (Lipinski definition) is 4. The molecule has 2 rings (SSSR count). The van der Waals surface area contributed by atoms with Gasteiger partial charge in [0.05, 0.1) is 11.4 Å². The fraction of sp³-hybridized carbons (Fsp3) is 0.500. The first kappa shape index (κ1) is 15.0. The molecule has 0 aliphatic carbocycles. The van der Waals surface area contributed by atoms with Crippen LogP contribution in [-0.2, 0) is 20.3 Å². The summed E-state index contributed by atoms with van der Waals surface area (Å²) in [5.74, 6) is 0.244. The van der Waals surface area contributed by atoms with E-state index >= 15 is 0 Å². The maximum atomic E-state index is 12.1. The molecule has 0 radical (unpaired) electrons. The number of benzene rings is 1. The van der Waals surface area contributed by atoms with E-state index in [1.54, 1.807) is 24.3 Å². The predicted molar refractivity (Wildman–Crippen MR) is 80.9 cm³/mol. The van der Waals surface area contributed by atoms with Crippen molar-refractivity contribution < 1.29 is 13.7 Å². The van der Waals surface area contributed by atoms with Crippen molar-refractivity contribution in [3.8, 4) is 0 Å². The van der Waals surface area contributed by atoms with E-state index < -0.39 is 10.8 Å². The number of rotatable bonds is 5. The molecule has 1 aliphatic heterocycles. The van der Waals surface area contributed by atoms with Crippen LogP contribution in [0.25, 0.3) is 0 Å². The Morgan fingerprint density at radius 3 is 2.75 bits per heavy atom. The fourth-order valence-corrected chi connectivity index (χ4v) is 3.75. The Labute approximate surface area is 121 Å². The highest BCUT2D eigenvalue weighted by Crippen LogP contribution is 2.19. The van der Waals surface area contributed by atoms with Crippen molar-refractivity contribution in [2.24, 2.45) is 0 Å². The zero-order chi connectivity index (χ0) is 14.5. The third-order valence-corrected chi connectivity index (χ3v) is 5.27. The lowest BCUT2D eigenvalue weighted by molar-refractivity contribution is -0.115. The number of nitrogens with one attached hydrogen (secondary N) is 1. The number of carbonyl (C=O) groups is 1. The Morgan fingerprint density at radius 2 is 2.15 bits per heavy atom. The van der Waals surface area contributed by atoms with Crippen LogP contribution in [-0.4, -0.2) is 33.8 Å². The summed E-state index contributed by atoms with van der Waals surface area (Å²) in [5.41, 5.74) is 6.93. The van der Waals surface area contributed by atoms with E-state index in [0.29, 0.717) is 23.7 Å². The van der Waals surface area contributed by atoms with Gasteiger partial charge in [-0.3, -0.25) is 9.00 Å². The summed E-state index contributed by atoms with van der Waals surface area (Å²) >= 11 is 0. The van der Waals surface area contributed by atoms with Gasteiger partial charge in [0.2, 0.25) is 5.91 Å². The van der Waals surface area contributed by atoms with E-state index in [4.69, 9.17) is 10.5 Å².